The molecule has 0 fully saturated rings. The van der Waals surface area contributed by atoms with Gasteiger partial charge in [0, 0.05) is 5.02 Å². The van der Waals surface area contributed by atoms with Gasteiger partial charge in [-0.25, -0.2) is 4.79 Å². The summed E-state index contributed by atoms with van der Waals surface area (Å²) in [5, 5.41) is 2.46. The van der Waals surface area contributed by atoms with Gasteiger partial charge in [0.2, 0.25) is 0 Å². The predicted octanol–water partition coefficient (Wildman–Crippen LogP) is 3.60. The van der Waals surface area contributed by atoms with Gasteiger partial charge in [-0.1, -0.05) is 16.8 Å². The van der Waals surface area contributed by atoms with Crippen molar-refractivity contribution in [2.45, 2.75) is 17.7 Å². The maximum atomic E-state index is 11.8. The van der Waals surface area contributed by atoms with E-state index in [0.717, 1.165) is 0 Å². The number of hydrogen-bond acceptors (Lipinski definition) is 4. The summed E-state index contributed by atoms with van der Waals surface area (Å²) in [5.74, 6) is -0.948. The summed E-state index contributed by atoms with van der Waals surface area (Å²) in [7, 11) is 0. The summed E-state index contributed by atoms with van der Waals surface area (Å²) in [6, 6.07) is 6.16. The normalized spacial score (nSPS) is 23.9. The number of nitrogens with zero attached hydrogens (tertiary/aromatic N) is 1. The Balaban J connectivity index is 2.16. The second-order valence-corrected chi connectivity index (χ2v) is 5.77. The molecule has 0 radical (unpaired) electrons. The van der Waals surface area contributed by atoms with Crippen molar-refractivity contribution in [2.75, 3.05) is 0 Å². The molecule has 21 heavy (non-hydrogen) atoms. The van der Waals surface area contributed by atoms with Gasteiger partial charge >= 0.3 is 5.97 Å². The van der Waals surface area contributed by atoms with E-state index < -0.39 is 16.7 Å². The Morgan fingerprint density at radius 3 is 2.43 bits per heavy atom. The van der Waals surface area contributed by atoms with Crippen LogP contribution < -0.4 is 0 Å². The smallest absolute Gasteiger partial charge is 0.312 e. The predicted molar refractivity (Wildman–Crippen MR) is 82.3 cm³/mol. The third-order valence-corrected chi connectivity index (χ3v) is 4.17. The highest BCUT2D eigenvalue weighted by molar-refractivity contribution is 6.48. The summed E-state index contributed by atoms with van der Waals surface area (Å²) in [6.45, 7) is 1.64. The van der Waals surface area contributed by atoms with Crippen LogP contribution in [0.15, 0.2) is 41.1 Å². The van der Waals surface area contributed by atoms with E-state index in [1.54, 1.807) is 19.1 Å². The number of benzene rings is 1. The summed E-state index contributed by atoms with van der Waals surface area (Å²) < 4.78 is 0. The van der Waals surface area contributed by atoms with Gasteiger partial charge in [-0.15, -0.1) is 23.2 Å². The molecule has 0 aromatic heterocycles. The van der Waals surface area contributed by atoms with Gasteiger partial charge in [0.15, 0.2) is 5.78 Å². The lowest BCUT2D eigenvalue weighted by Crippen LogP contribution is -2.36. The van der Waals surface area contributed by atoms with Crippen LogP contribution in [0.1, 0.15) is 17.3 Å². The Morgan fingerprint density at radius 1 is 1.19 bits per heavy atom. The summed E-state index contributed by atoms with van der Waals surface area (Å²) in [4.78, 5) is 28.1. The van der Waals surface area contributed by atoms with Gasteiger partial charge in [-0.2, -0.15) is 0 Å². The van der Waals surface area contributed by atoms with Crippen LogP contribution in [0, 0.1) is 0 Å². The lowest BCUT2D eigenvalue weighted by Gasteiger charge is -2.20. The van der Waals surface area contributed by atoms with Gasteiger partial charge in [0.05, 0.1) is 5.56 Å². The number of alkyl halides is 2. The Bertz CT molecular complexity index is 637. The fraction of sp³-hybridized carbons (Fsp3) is 0.214. The molecule has 2 rings (SSSR count). The largest absolute Gasteiger partial charge is 0.365 e. The molecule has 0 bridgehead atoms. The molecule has 110 valence electrons. The quantitative estimate of drug-likeness (QED) is 0.467. The SMILES string of the molecule is CC1=CC(=O)C(Cl)C(Cl)C1=NOC(=O)c1ccc(Cl)cc1. The highest BCUT2D eigenvalue weighted by atomic mass is 35.5. The zero-order valence-electron chi connectivity index (χ0n) is 10.8. The molecule has 0 spiro atoms. The average Bonchev–Trinajstić information content (AvgIpc) is 2.45. The van der Waals surface area contributed by atoms with Gasteiger partial charge < -0.3 is 4.84 Å². The maximum Gasteiger partial charge on any atom is 0.365 e. The lowest BCUT2D eigenvalue weighted by atomic mass is 9.97. The summed E-state index contributed by atoms with van der Waals surface area (Å²) in [5.41, 5.74) is 1.07. The highest BCUT2D eigenvalue weighted by Crippen LogP contribution is 2.23. The zero-order chi connectivity index (χ0) is 15.6. The molecule has 0 heterocycles. The van der Waals surface area contributed by atoms with E-state index in [-0.39, 0.29) is 11.5 Å². The summed E-state index contributed by atoms with van der Waals surface area (Å²) in [6.07, 6.45) is 1.32. The third kappa shape index (κ3) is 3.64. The van der Waals surface area contributed by atoms with Crippen molar-refractivity contribution in [3.8, 4) is 0 Å². The number of rotatable bonds is 2. The molecule has 4 nitrogen and oxygen atoms in total. The van der Waals surface area contributed by atoms with Crippen LogP contribution in [0.4, 0.5) is 0 Å². The Morgan fingerprint density at radius 2 is 1.81 bits per heavy atom. The molecule has 0 saturated carbocycles. The molecule has 0 N–H and O–H groups in total. The molecular weight excluding hydrogens is 337 g/mol. The fourth-order valence-corrected chi connectivity index (χ4v) is 2.36. The minimum atomic E-state index is -0.927. The number of oxime groups is 1. The molecular formula is C14H10Cl3NO3. The average molecular weight is 347 g/mol. The molecule has 0 amide bonds. The molecule has 1 aromatic carbocycles. The van der Waals surface area contributed by atoms with E-state index in [2.05, 4.69) is 5.16 Å². The Hall–Kier alpha value is -1.36. The molecule has 0 saturated heterocycles. The van der Waals surface area contributed by atoms with E-state index in [9.17, 15) is 9.59 Å². The first-order valence-corrected chi connectivity index (χ1v) is 7.20. The van der Waals surface area contributed by atoms with Crippen LogP contribution in [0.5, 0.6) is 0 Å². The first-order chi connectivity index (χ1) is 9.90. The van der Waals surface area contributed by atoms with Crippen molar-refractivity contribution in [3.05, 3.63) is 46.5 Å². The second kappa shape index (κ2) is 6.60. The van der Waals surface area contributed by atoms with E-state index >= 15 is 0 Å². The standard InChI is InChI=1S/C14H10Cl3NO3/c1-7-6-10(19)11(16)12(17)13(7)18-21-14(20)8-2-4-9(15)5-3-8/h2-6,11-12H,1H3. The van der Waals surface area contributed by atoms with Crippen molar-refractivity contribution in [2.24, 2.45) is 5.16 Å². The maximum absolute atomic E-state index is 11.8. The van der Waals surface area contributed by atoms with E-state index in [1.165, 1.54) is 18.2 Å². The summed E-state index contributed by atoms with van der Waals surface area (Å²) >= 11 is 17.6. The Labute approximate surface area is 136 Å². The highest BCUT2D eigenvalue weighted by Gasteiger charge is 2.33. The van der Waals surface area contributed by atoms with Gasteiger partial charge in [0.25, 0.3) is 0 Å². The number of halogens is 3. The van der Waals surface area contributed by atoms with Crippen molar-refractivity contribution in [1.29, 1.82) is 0 Å². The lowest BCUT2D eigenvalue weighted by molar-refractivity contribution is -0.114. The third-order valence-electron chi connectivity index (χ3n) is 2.86. The molecule has 7 heteroatoms. The van der Waals surface area contributed by atoms with Crippen molar-refractivity contribution >= 4 is 52.3 Å². The molecule has 1 aromatic rings. The van der Waals surface area contributed by atoms with Crippen LogP contribution in [0.3, 0.4) is 0 Å². The zero-order valence-corrected chi connectivity index (χ0v) is 13.1. The minimum Gasteiger partial charge on any atom is -0.312 e. The van der Waals surface area contributed by atoms with Crippen molar-refractivity contribution < 1.29 is 14.4 Å². The number of carbonyl (C=O) groups is 2. The second-order valence-electron chi connectivity index (χ2n) is 4.40. The monoisotopic (exact) mass is 345 g/mol. The van der Waals surface area contributed by atoms with Crippen LogP contribution in [-0.2, 0) is 9.63 Å². The molecule has 1 aliphatic rings. The fourth-order valence-electron chi connectivity index (χ4n) is 1.72. The molecule has 2 unspecified atom stereocenters. The Kier molecular flexibility index (Phi) is 5.04. The number of ketones is 1. The first-order valence-electron chi connectivity index (χ1n) is 5.95. The topological polar surface area (TPSA) is 55.7 Å². The van der Waals surface area contributed by atoms with Crippen LogP contribution in [0.2, 0.25) is 5.02 Å². The van der Waals surface area contributed by atoms with E-state index in [1.807, 2.05) is 0 Å². The van der Waals surface area contributed by atoms with Gasteiger partial charge in [-0.3, -0.25) is 4.79 Å². The number of hydrogen-bond donors (Lipinski definition) is 0. The molecule has 2 atom stereocenters. The van der Waals surface area contributed by atoms with Gasteiger partial charge in [0.1, 0.15) is 16.5 Å². The molecule has 1 aliphatic carbocycles. The number of allylic oxidation sites excluding steroid dienone is 2. The van der Waals surface area contributed by atoms with Crippen molar-refractivity contribution in [1.82, 2.24) is 0 Å². The van der Waals surface area contributed by atoms with Crippen molar-refractivity contribution in [3.63, 3.8) is 0 Å². The number of carbonyl (C=O) groups excluding carboxylic acids is 2. The first kappa shape index (κ1) is 16.0. The molecule has 0 aliphatic heterocycles. The minimum absolute atomic E-state index is 0.263. The van der Waals surface area contributed by atoms with Crippen LogP contribution >= 0.6 is 34.8 Å². The van der Waals surface area contributed by atoms with Gasteiger partial charge in [-0.05, 0) is 42.8 Å². The van der Waals surface area contributed by atoms with E-state index in [4.69, 9.17) is 39.6 Å². The van der Waals surface area contributed by atoms with Crippen LogP contribution in [0.25, 0.3) is 0 Å². The van der Waals surface area contributed by atoms with Crippen LogP contribution in [-0.4, -0.2) is 28.2 Å². The van der Waals surface area contributed by atoms with E-state index in [0.29, 0.717) is 16.2 Å².